The second-order valence-corrected chi connectivity index (χ2v) is 8.33. The third kappa shape index (κ3) is 5.38. The summed E-state index contributed by atoms with van der Waals surface area (Å²) in [5.41, 5.74) is 5.17. The summed E-state index contributed by atoms with van der Waals surface area (Å²) in [6.45, 7) is 1.99. The number of hydrogen-bond acceptors (Lipinski definition) is 4. The maximum atomic E-state index is 13.0. The number of hydrogen-bond donors (Lipinski definition) is 4. The Labute approximate surface area is 192 Å². The normalized spacial score (nSPS) is 12.1. The fraction of sp³-hybridized carbons (Fsp3) is 0.269. The molecular formula is C26H28N4O3. The molecule has 0 saturated heterocycles. The smallest absolute Gasteiger partial charge is 0.251 e. The molecule has 1 atom stereocenters. The van der Waals surface area contributed by atoms with Gasteiger partial charge in [-0.2, -0.15) is 0 Å². The first-order valence-electron chi connectivity index (χ1n) is 11.2. The molecule has 3 aromatic carbocycles. The van der Waals surface area contributed by atoms with E-state index < -0.39 is 0 Å². The quantitative estimate of drug-likeness (QED) is 0.166. The summed E-state index contributed by atoms with van der Waals surface area (Å²) in [5.74, 6) is 0.184. The van der Waals surface area contributed by atoms with E-state index in [0.717, 1.165) is 46.0 Å². The zero-order chi connectivity index (χ0) is 23.2. The minimum Gasteiger partial charge on any atom is -0.342 e. The number of fused-ring (bicyclic) bond motifs is 3. The molecule has 0 saturated carbocycles. The lowest BCUT2D eigenvalue weighted by Crippen LogP contribution is -2.29. The van der Waals surface area contributed by atoms with Crippen LogP contribution in [-0.2, 0) is 4.79 Å². The van der Waals surface area contributed by atoms with Gasteiger partial charge >= 0.3 is 0 Å². The average molecular weight is 445 g/mol. The monoisotopic (exact) mass is 444 g/mol. The molecule has 0 aliphatic carbocycles. The van der Waals surface area contributed by atoms with Gasteiger partial charge in [0, 0.05) is 17.4 Å². The fourth-order valence-corrected chi connectivity index (χ4v) is 4.02. The fourth-order valence-electron chi connectivity index (χ4n) is 4.02. The number of nitrogens with one attached hydrogen (secondary N) is 3. The zero-order valence-corrected chi connectivity index (χ0v) is 18.6. The third-order valence-corrected chi connectivity index (χ3v) is 5.87. The van der Waals surface area contributed by atoms with Crippen LogP contribution in [0.15, 0.2) is 60.7 Å². The highest BCUT2D eigenvalue weighted by Gasteiger charge is 2.20. The number of amides is 2. The van der Waals surface area contributed by atoms with Crippen LogP contribution in [0.5, 0.6) is 0 Å². The number of benzene rings is 3. The van der Waals surface area contributed by atoms with Gasteiger partial charge in [0.05, 0.1) is 17.1 Å². The summed E-state index contributed by atoms with van der Waals surface area (Å²) in [6.07, 6.45) is 3.21. The lowest BCUT2D eigenvalue weighted by atomic mass is 10.1. The molecule has 1 heterocycles. The van der Waals surface area contributed by atoms with Gasteiger partial charge < -0.3 is 10.3 Å². The largest absolute Gasteiger partial charge is 0.342 e. The summed E-state index contributed by atoms with van der Waals surface area (Å²) in [6, 6.07) is 19.4. The van der Waals surface area contributed by atoms with E-state index >= 15 is 0 Å². The maximum Gasteiger partial charge on any atom is 0.251 e. The molecule has 0 spiro atoms. The predicted molar refractivity (Wildman–Crippen MR) is 128 cm³/mol. The average Bonchev–Trinajstić information content (AvgIpc) is 3.28. The van der Waals surface area contributed by atoms with E-state index in [4.69, 9.17) is 10.2 Å². The summed E-state index contributed by atoms with van der Waals surface area (Å²) < 4.78 is 0. The third-order valence-electron chi connectivity index (χ3n) is 5.87. The van der Waals surface area contributed by atoms with Gasteiger partial charge in [0.25, 0.3) is 5.91 Å². The lowest BCUT2D eigenvalue weighted by molar-refractivity contribution is -0.129. The maximum absolute atomic E-state index is 13.0. The summed E-state index contributed by atoms with van der Waals surface area (Å²) in [7, 11) is 0. The second kappa shape index (κ2) is 10.3. The first kappa shape index (κ1) is 22.5. The van der Waals surface area contributed by atoms with Crippen LogP contribution in [0.3, 0.4) is 0 Å². The Morgan fingerprint density at radius 3 is 2.58 bits per heavy atom. The number of aryl methyl sites for hydroxylation is 1. The van der Waals surface area contributed by atoms with E-state index in [0.29, 0.717) is 18.4 Å². The number of H-pyrrole nitrogens is 1. The lowest BCUT2D eigenvalue weighted by Gasteiger charge is -2.17. The van der Waals surface area contributed by atoms with Crippen LogP contribution in [0.25, 0.3) is 21.8 Å². The van der Waals surface area contributed by atoms with Gasteiger partial charge in [0.2, 0.25) is 5.91 Å². The molecule has 2 amide bonds. The Kier molecular flexibility index (Phi) is 7.00. The van der Waals surface area contributed by atoms with Gasteiger partial charge in [-0.1, -0.05) is 60.9 Å². The molecule has 170 valence electrons. The molecule has 7 nitrogen and oxygen atoms in total. The number of nitrogens with zero attached hydrogens (tertiary/aromatic N) is 1. The number of hydroxylamine groups is 1. The standard InChI is InChI=1S/C26H28N4O3/c1-17-11-13-19(14-12-17)26(32)28-22(9-3-2-4-10-23(31)30-33)25-27-21-16-15-18-7-5-6-8-20(18)24(21)29-25/h5-8,11-16,22,33H,2-4,9-10H2,1H3,(H,27,29)(H,28,32)(H,30,31)/t22-/m0/s1. The molecule has 0 fully saturated rings. The van der Waals surface area contributed by atoms with Crippen molar-refractivity contribution in [1.29, 1.82) is 0 Å². The number of imidazole rings is 1. The molecule has 0 radical (unpaired) electrons. The van der Waals surface area contributed by atoms with Crippen molar-refractivity contribution < 1.29 is 14.8 Å². The van der Waals surface area contributed by atoms with Crippen LogP contribution in [0.1, 0.15) is 59.9 Å². The second-order valence-electron chi connectivity index (χ2n) is 8.33. The Morgan fingerprint density at radius 2 is 1.79 bits per heavy atom. The van der Waals surface area contributed by atoms with E-state index in [9.17, 15) is 9.59 Å². The van der Waals surface area contributed by atoms with Gasteiger partial charge in [-0.05, 0) is 43.4 Å². The predicted octanol–water partition coefficient (Wildman–Crippen LogP) is 4.95. The number of rotatable bonds is 9. The van der Waals surface area contributed by atoms with Gasteiger partial charge in [-0.3, -0.25) is 14.8 Å². The van der Waals surface area contributed by atoms with Gasteiger partial charge in [0.15, 0.2) is 0 Å². The minimum absolute atomic E-state index is 0.148. The minimum atomic E-state index is -0.386. The van der Waals surface area contributed by atoms with Crippen LogP contribution in [0.2, 0.25) is 0 Å². The molecule has 0 unspecified atom stereocenters. The van der Waals surface area contributed by atoms with Gasteiger partial charge in [-0.15, -0.1) is 0 Å². The molecule has 4 N–H and O–H groups in total. The van der Waals surface area contributed by atoms with Crippen molar-refractivity contribution in [1.82, 2.24) is 20.8 Å². The molecule has 4 rings (SSSR count). The number of carbonyl (C=O) groups excluding carboxylic acids is 2. The highest BCUT2D eigenvalue weighted by Crippen LogP contribution is 2.27. The molecule has 4 aromatic rings. The van der Waals surface area contributed by atoms with Crippen molar-refractivity contribution in [2.75, 3.05) is 0 Å². The Bertz CT molecular complexity index is 1260. The van der Waals surface area contributed by atoms with Crippen LogP contribution in [0, 0.1) is 6.92 Å². The highest BCUT2D eigenvalue weighted by atomic mass is 16.5. The molecular weight excluding hydrogens is 416 g/mol. The van der Waals surface area contributed by atoms with E-state index in [1.54, 1.807) is 5.48 Å². The first-order valence-corrected chi connectivity index (χ1v) is 11.2. The van der Waals surface area contributed by atoms with E-state index in [2.05, 4.69) is 22.4 Å². The van der Waals surface area contributed by atoms with E-state index in [-0.39, 0.29) is 24.3 Å². The Hall–Kier alpha value is -3.71. The van der Waals surface area contributed by atoms with E-state index in [1.807, 2.05) is 55.5 Å². The number of unbranched alkanes of at least 4 members (excludes halogenated alkanes) is 2. The first-order chi connectivity index (χ1) is 16.0. The molecule has 0 aliphatic rings. The Balaban J connectivity index is 1.56. The molecule has 0 bridgehead atoms. The van der Waals surface area contributed by atoms with Gasteiger partial charge in [0.1, 0.15) is 5.82 Å². The summed E-state index contributed by atoms with van der Waals surface area (Å²) >= 11 is 0. The van der Waals surface area contributed by atoms with Crippen molar-refractivity contribution in [2.45, 2.75) is 45.1 Å². The summed E-state index contributed by atoms with van der Waals surface area (Å²) in [4.78, 5) is 32.5. The molecule has 7 heteroatoms. The topological polar surface area (TPSA) is 107 Å². The zero-order valence-electron chi connectivity index (χ0n) is 18.6. The van der Waals surface area contributed by atoms with Gasteiger partial charge in [-0.25, -0.2) is 10.5 Å². The van der Waals surface area contributed by atoms with Crippen molar-refractivity contribution in [3.8, 4) is 0 Å². The highest BCUT2D eigenvalue weighted by molar-refractivity contribution is 6.04. The molecule has 33 heavy (non-hydrogen) atoms. The summed E-state index contributed by atoms with van der Waals surface area (Å²) in [5, 5.41) is 14.0. The van der Waals surface area contributed by atoms with Crippen LogP contribution >= 0.6 is 0 Å². The molecule has 1 aromatic heterocycles. The van der Waals surface area contributed by atoms with E-state index in [1.165, 1.54) is 0 Å². The van der Waals surface area contributed by atoms with Crippen LogP contribution in [0.4, 0.5) is 0 Å². The Morgan fingerprint density at radius 1 is 1.00 bits per heavy atom. The SMILES string of the molecule is Cc1ccc(C(=O)N[C@@H](CCCCCC(=O)NO)c2nc3c(ccc4ccccc43)[nH]2)cc1. The number of aromatic amines is 1. The van der Waals surface area contributed by atoms with Crippen molar-refractivity contribution in [2.24, 2.45) is 0 Å². The number of aromatic nitrogens is 2. The van der Waals surface area contributed by atoms with Crippen LogP contribution in [-0.4, -0.2) is 27.0 Å². The van der Waals surface area contributed by atoms with Crippen molar-refractivity contribution in [3.63, 3.8) is 0 Å². The molecule has 0 aliphatic heterocycles. The van der Waals surface area contributed by atoms with Crippen molar-refractivity contribution in [3.05, 3.63) is 77.6 Å². The van der Waals surface area contributed by atoms with Crippen LogP contribution < -0.4 is 10.8 Å². The van der Waals surface area contributed by atoms with Crippen molar-refractivity contribution >= 4 is 33.6 Å². The number of carbonyl (C=O) groups is 2.